The standard InChI is InChI=1S/C17H22N4O.ClH/c1-13(2)20-17(22)21-15-8-6-14(7-9-15)11-18-12-16-5-3-4-10-19-16;/h3-10,13,18H,11-12H2,1-2H3,(H2,20,21,22);1H. The van der Waals surface area contributed by atoms with Crippen molar-refractivity contribution in [3.63, 3.8) is 0 Å². The predicted octanol–water partition coefficient (Wildman–Crippen LogP) is 3.32. The molecule has 124 valence electrons. The highest BCUT2D eigenvalue weighted by molar-refractivity contribution is 5.89. The minimum absolute atomic E-state index is 0. The van der Waals surface area contributed by atoms with E-state index in [1.54, 1.807) is 6.20 Å². The van der Waals surface area contributed by atoms with Crippen molar-refractivity contribution in [1.82, 2.24) is 15.6 Å². The monoisotopic (exact) mass is 334 g/mol. The quantitative estimate of drug-likeness (QED) is 0.759. The van der Waals surface area contributed by atoms with Crippen LogP contribution < -0.4 is 16.0 Å². The third-order valence-electron chi connectivity index (χ3n) is 2.99. The zero-order valence-electron chi connectivity index (χ0n) is 13.4. The molecule has 1 heterocycles. The molecule has 0 aliphatic rings. The van der Waals surface area contributed by atoms with E-state index in [2.05, 4.69) is 20.9 Å². The number of nitrogens with zero attached hydrogens (tertiary/aromatic N) is 1. The van der Waals surface area contributed by atoms with Crippen LogP contribution in [0, 0.1) is 0 Å². The van der Waals surface area contributed by atoms with Crippen LogP contribution in [0.4, 0.5) is 10.5 Å². The second-order valence-electron chi connectivity index (χ2n) is 5.37. The van der Waals surface area contributed by atoms with Gasteiger partial charge in [-0.2, -0.15) is 0 Å². The van der Waals surface area contributed by atoms with E-state index in [0.29, 0.717) is 0 Å². The average Bonchev–Trinajstić information content (AvgIpc) is 2.49. The van der Waals surface area contributed by atoms with E-state index in [-0.39, 0.29) is 24.5 Å². The van der Waals surface area contributed by atoms with E-state index in [1.165, 1.54) is 0 Å². The van der Waals surface area contributed by atoms with Crippen molar-refractivity contribution in [3.05, 3.63) is 59.9 Å². The zero-order chi connectivity index (χ0) is 15.8. The van der Waals surface area contributed by atoms with Gasteiger partial charge in [-0.15, -0.1) is 12.4 Å². The molecule has 0 saturated carbocycles. The lowest BCUT2D eigenvalue weighted by Crippen LogP contribution is -2.34. The summed E-state index contributed by atoms with van der Waals surface area (Å²) < 4.78 is 0. The second-order valence-corrected chi connectivity index (χ2v) is 5.37. The molecule has 0 saturated heterocycles. The van der Waals surface area contributed by atoms with Crippen molar-refractivity contribution < 1.29 is 4.79 Å². The number of amides is 2. The molecule has 0 aliphatic heterocycles. The average molecular weight is 335 g/mol. The maximum atomic E-state index is 11.6. The molecule has 0 aliphatic carbocycles. The molecule has 1 aromatic carbocycles. The highest BCUT2D eigenvalue weighted by atomic mass is 35.5. The van der Waals surface area contributed by atoms with Crippen LogP contribution in [-0.4, -0.2) is 17.1 Å². The van der Waals surface area contributed by atoms with E-state index < -0.39 is 0 Å². The van der Waals surface area contributed by atoms with Crippen LogP contribution >= 0.6 is 12.4 Å². The molecule has 0 atom stereocenters. The Balaban J connectivity index is 0.00000264. The van der Waals surface area contributed by atoms with Crippen LogP contribution in [0.1, 0.15) is 25.1 Å². The lowest BCUT2D eigenvalue weighted by molar-refractivity contribution is 0.250. The van der Waals surface area contributed by atoms with Crippen molar-refractivity contribution in [3.8, 4) is 0 Å². The molecular weight excluding hydrogens is 312 g/mol. The van der Waals surface area contributed by atoms with Gasteiger partial charge in [0.1, 0.15) is 0 Å². The summed E-state index contributed by atoms with van der Waals surface area (Å²) in [5, 5.41) is 8.93. The molecule has 2 rings (SSSR count). The van der Waals surface area contributed by atoms with Gasteiger partial charge >= 0.3 is 6.03 Å². The Labute approximate surface area is 143 Å². The number of benzene rings is 1. The molecule has 0 bridgehead atoms. The second kappa shape index (κ2) is 9.82. The number of carbonyl (C=O) groups is 1. The van der Waals surface area contributed by atoms with Gasteiger partial charge in [-0.25, -0.2) is 4.79 Å². The summed E-state index contributed by atoms with van der Waals surface area (Å²) in [6.45, 7) is 5.35. The molecule has 6 heteroatoms. The van der Waals surface area contributed by atoms with E-state index in [1.807, 2.05) is 56.3 Å². The predicted molar refractivity (Wildman–Crippen MR) is 95.8 cm³/mol. The molecule has 2 aromatic rings. The third kappa shape index (κ3) is 7.13. The molecule has 3 N–H and O–H groups in total. The fourth-order valence-corrected chi connectivity index (χ4v) is 1.97. The fraction of sp³-hybridized carbons (Fsp3) is 0.294. The first-order valence-corrected chi connectivity index (χ1v) is 7.40. The first-order chi connectivity index (χ1) is 10.6. The van der Waals surface area contributed by atoms with Crippen LogP contribution in [-0.2, 0) is 13.1 Å². The van der Waals surface area contributed by atoms with Crippen LogP contribution in [0.3, 0.4) is 0 Å². The van der Waals surface area contributed by atoms with Crippen LogP contribution in [0.15, 0.2) is 48.7 Å². The van der Waals surface area contributed by atoms with Crippen molar-refractivity contribution in [1.29, 1.82) is 0 Å². The number of urea groups is 1. The molecular formula is C17H23ClN4O. The summed E-state index contributed by atoms with van der Waals surface area (Å²) in [6, 6.07) is 13.6. The van der Waals surface area contributed by atoms with Crippen LogP contribution in [0.25, 0.3) is 0 Å². The summed E-state index contributed by atoms with van der Waals surface area (Å²) in [7, 11) is 0. The van der Waals surface area contributed by atoms with Gasteiger partial charge in [-0.1, -0.05) is 18.2 Å². The number of anilines is 1. The largest absolute Gasteiger partial charge is 0.336 e. The number of aromatic nitrogens is 1. The van der Waals surface area contributed by atoms with E-state index in [9.17, 15) is 4.79 Å². The Bertz CT molecular complexity index is 587. The summed E-state index contributed by atoms with van der Waals surface area (Å²) in [6.07, 6.45) is 1.79. The molecule has 0 radical (unpaired) electrons. The number of carbonyl (C=O) groups excluding carboxylic acids is 1. The molecule has 2 amide bonds. The molecule has 0 unspecified atom stereocenters. The minimum Gasteiger partial charge on any atom is -0.336 e. The van der Waals surface area contributed by atoms with Gasteiger partial charge in [-0.3, -0.25) is 4.98 Å². The number of hydrogen-bond donors (Lipinski definition) is 3. The van der Waals surface area contributed by atoms with Gasteiger partial charge in [0.15, 0.2) is 0 Å². The van der Waals surface area contributed by atoms with Crippen molar-refractivity contribution in [2.75, 3.05) is 5.32 Å². The highest BCUT2D eigenvalue weighted by Crippen LogP contribution is 2.09. The van der Waals surface area contributed by atoms with Gasteiger partial charge in [0.2, 0.25) is 0 Å². The summed E-state index contributed by atoms with van der Waals surface area (Å²) in [4.78, 5) is 15.9. The molecule has 0 fully saturated rings. The first kappa shape index (κ1) is 18.9. The van der Waals surface area contributed by atoms with Crippen molar-refractivity contribution in [2.45, 2.75) is 33.0 Å². The Morgan fingerprint density at radius 2 is 1.83 bits per heavy atom. The third-order valence-corrected chi connectivity index (χ3v) is 2.99. The maximum Gasteiger partial charge on any atom is 0.319 e. The number of hydrogen-bond acceptors (Lipinski definition) is 3. The van der Waals surface area contributed by atoms with Gasteiger partial charge in [-0.05, 0) is 43.7 Å². The van der Waals surface area contributed by atoms with E-state index >= 15 is 0 Å². The van der Waals surface area contributed by atoms with Crippen molar-refractivity contribution in [2.24, 2.45) is 0 Å². The SMILES string of the molecule is CC(C)NC(=O)Nc1ccc(CNCc2ccccn2)cc1.Cl. The number of pyridine rings is 1. The van der Waals surface area contributed by atoms with E-state index in [4.69, 9.17) is 0 Å². The van der Waals surface area contributed by atoms with E-state index in [0.717, 1.165) is 30.0 Å². The van der Waals surface area contributed by atoms with Gasteiger partial charge in [0.25, 0.3) is 0 Å². The Morgan fingerprint density at radius 3 is 2.43 bits per heavy atom. The summed E-state index contributed by atoms with van der Waals surface area (Å²) >= 11 is 0. The summed E-state index contributed by atoms with van der Waals surface area (Å²) in [5.41, 5.74) is 2.96. The lowest BCUT2D eigenvalue weighted by atomic mass is 10.2. The number of rotatable bonds is 6. The topological polar surface area (TPSA) is 66.1 Å². The van der Waals surface area contributed by atoms with Crippen LogP contribution in [0.5, 0.6) is 0 Å². The van der Waals surface area contributed by atoms with Gasteiger partial charge in [0, 0.05) is 31.0 Å². The Kier molecular flexibility index (Phi) is 8.08. The van der Waals surface area contributed by atoms with Gasteiger partial charge < -0.3 is 16.0 Å². The minimum atomic E-state index is -0.184. The zero-order valence-corrected chi connectivity index (χ0v) is 14.2. The normalized spacial score (nSPS) is 10.0. The number of halogens is 1. The molecule has 23 heavy (non-hydrogen) atoms. The fourth-order valence-electron chi connectivity index (χ4n) is 1.97. The maximum absolute atomic E-state index is 11.6. The van der Waals surface area contributed by atoms with Crippen LogP contribution in [0.2, 0.25) is 0 Å². The lowest BCUT2D eigenvalue weighted by Gasteiger charge is -2.10. The molecule has 5 nitrogen and oxygen atoms in total. The number of nitrogens with one attached hydrogen (secondary N) is 3. The highest BCUT2D eigenvalue weighted by Gasteiger charge is 2.03. The molecule has 1 aromatic heterocycles. The smallest absolute Gasteiger partial charge is 0.319 e. The van der Waals surface area contributed by atoms with Crippen molar-refractivity contribution >= 4 is 24.1 Å². The Hall–Kier alpha value is -2.11. The van der Waals surface area contributed by atoms with Gasteiger partial charge in [0.05, 0.1) is 5.69 Å². The first-order valence-electron chi connectivity index (χ1n) is 7.40. The summed E-state index contributed by atoms with van der Waals surface area (Å²) in [5.74, 6) is 0. The molecule has 0 spiro atoms. The Morgan fingerprint density at radius 1 is 1.09 bits per heavy atom.